The molecule has 28 heavy (non-hydrogen) atoms. The van der Waals surface area contributed by atoms with Crippen molar-refractivity contribution in [2.45, 2.75) is 13.8 Å². The molecule has 1 amide bonds. The van der Waals surface area contributed by atoms with Crippen molar-refractivity contribution in [3.8, 4) is 0 Å². The highest BCUT2D eigenvalue weighted by Gasteiger charge is 2.05. The van der Waals surface area contributed by atoms with E-state index in [4.69, 9.17) is 0 Å². The summed E-state index contributed by atoms with van der Waals surface area (Å²) < 4.78 is 0. The molecule has 0 fully saturated rings. The highest BCUT2D eigenvalue weighted by Crippen LogP contribution is 2.23. The maximum atomic E-state index is 11.1. The van der Waals surface area contributed by atoms with Crippen molar-refractivity contribution in [3.05, 3.63) is 60.4 Å². The Kier molecular flexibility index (Phi) is 5.74. The Labute approximate surface area is 164 Å². The predicted molar refractivity (Wildman–Crippen MR) is 115 cm³/mol. The van der Waals surface area contributed by atoms with Gasteiger partial charge in [0.15, 0.2) is 0 Å². The molecule has 0 bridgehead atoms. The first-order valence-electron chi connectivity index (χ1n) is 8.94. The fourth-order valence-corrected chi connectivity index (χ4v) is 2.67. The van der Waals surface area contributed by atoms with Crippen molar-refractivity contribution >= 4 is 40.3 Å². The van der Waals surface area contributed by atoms with Crippen molar-refractivity contribution in [2.75, 3.05) is 34.9 Å². The van der Waals surface area contributed by atoms with E-state index >= 15 is 0 Å². The number of aromatic nitrogens is 2. The van der Waals surface area contributed by atoms with Crippen molar-refractivity contribution in [1.29, 1.82) is 0 Å². The van der Waals surface area contributed by atoms with Gasteiger partial charge in [-0.2, -0.15) is 0 Å². The number of hydrogen-bond acceptors (Lipinski definition) is 6. The zero-order chi connectivity index (χ0) is 20.1. The quantitative estimate of drug-likeness (QED) is 0.595. The largest absolute Gasteiger partial charge is 0.378 e. The van der Waals surface area contributed by atoms with Crippen LogP contribution in [-0.2, 0) is 4.79 Å². The van der Waals surface area contributed by atoms with Crippen molar-refractivity contribution in [3.63, 3.8) is 0 Å². The molecular weight excluding hydrogens is 352 g/mol. The molecule has 0 radical (unpaired) electrons. The van der Waals surface area contributed by atoms with Crippen molar-refractivity contribution in [2.24, 2.45) is 0 Å². The van der Waals surface area contributed by atoms with E-state index in [1.54, 1.807) is 0 Å². The number of hydrogen-bond donors (Lipinski definition) is 3. The highest BCUT2D eigenvalue weighted by molar-refractivity contribution is 5.88. The van der Waals surface area contributed by atoms with Gasteiger partial charge in [0.25, 0.3) is 0 Å². The van der Waals surface area contributed by atoms with Gasteiger partial charge in [-0.15, -0.1) is 0 Å². The van der Waals surface area contributed by atoms with Crippen LogP contribution in [0, 0.1) is 6.92 Å². The SMILES string of the molecule is CC(=O)Nc1ccc(Nc2cc(Nc3ccc(N(C)C)cc3)nc(C)n2)cc1. The molecule has 0 saturated heterocycles. The number of benzene rings is 2. The zero-order valence-electron chi connectivity index (χ0n) is 16.4. The lowest BCUT2D eigenvalue weighted by atomic mass is 10.2. The normalized spacial score (nSPS) is 10.3. The molecule has 0 atom stereocenters. The van der Waals surface area contributed by atoms with Crippen molar-refractivity contribution in [1.82, 2.24) is 9.97 Å². The molecule has 1 heterocycles. The minimum absolute atomic E-state index is 0.0959. The third kappa shape index (κ3) is 5.20. The average Bonchev–Trinajstić information content (AvgIpc) is 2.63. The maximum Gasteiger partial charge on any atom is 0.221 e. The second-order valence-corrected chi connectivity index (χ2v) is 6.64. The first-order chi connectivity index (χ1) is 13.4. The van der Waals surface area contributed by atoms with Crippen LogP contribution in [0.3, 0.4) is 0 Å². The van der Waals surface area contributed by atoms with Crippen LogP contribution < -0.4 is 20.9 Å². The van der Waals surface area contributed by atoms with Gasteiger partial charge in [-0.05, 0) is 55.5 Å². The van der Waals surface area contributed by atoms with Gasteiger partial charge in [0, 0.05) is 49.8 Å². The third-order valence-electron chi connectivity index (χ3n) is 3.97. The van der Waals surface area contributed by atoms with Crippen molar-refractivity contribution < 1.29 is 4.79 Å². The molecule has 7 heteroatoms. The van der Waals surface area contributed by atoms with E-state index in [0.717, 1.165) is 22.7 Å². The van der Waals surface area contributed by atoms with Gasteiger partial charge in [0.2, 0.25) is 5.91 Å². The second kappa shape index (κ2) is 8.39. The molecule has 0 aliphatic rings. The Hall–Kier alpha value is -3.61. The summed E-state index contributed by atoms with van der Waals surface area (Å²) in [5, 5.41) is 9.32. The van der Waals surface area contributed by atoms with Gasteiger partial charge in [-0.25, -0.2) is 9.97 Å². The summed E-state index contributed by atoms with van der Waals surface area (Å²) in [6, 6.07) is 17.4. The van der Waals surface area contributed by atoms with Gasteiger partial charge in [-0.1, -0.05) is 0 Å². The summed E-state index contributed by atoms with van der Waals surface area (Å²) in [4.78, 5) is 22.1. The van der Waals surface area contributed by atoms with Gasteiger partial charge < -0.3 is 20.9 Å². The lowest BCUT2D eigenvalue weighted by molar-refractivity contribution is -0.114. The lowest BCUT2D eigenvalue weighted by Crippen LogP contribution is -2.08. The Bertz CT molecular complexity index is 952. The van der Waals surface area contributed by atoms with Crippen LogP contribution >= 0.6 is 0 Å². The standard InChI is InChI=1S/C21H24N6O/c1-14-22-20(25-17-7-5-16(6-8-17)24-15(2)28)13-21(23-14)26-18-9-11-19(12-10-18)27(3)4/h5-13H,1-4H3,(H,24,28)(H2,22,23,25,26). The number of rotatable bonds is 6. The first-order valence-corrected chi connectivity index (χ1v) is 8.94. The van der Waals surface area contributed by atoms with Gasteiger partial charge in [0.05, 0.1) is 0 Å². The molecule has 0 spiro atoms. The summed E-state index contributed by atoms with van der Waals surface area (Å²) >= 11 is 0. The minimum Gasteiger partial charge on any atom is -0.378 e. The molecule has 1 aromatic heterocycles. The van der Waals surface area contributed by atoms with Crippen LogP contribution in [-0.4, -0.2) is 30.0 Å². The van der Waals surface area contributed by atoms with E-state index in [-0.39, 0.29) is 5.91 Å². The molecule has 0 unspecified atom stereocenters. The molecule has 7 nitrogen and oxygen atoms in total. The summed E-state index contributed by atoms with van der Waals surface area (Å²) in [5.41, 5.74) is 3.71. The zero-order valence-corrected chi connectivity index (χ0v) is 16.4. The summed E-state index contributed by atoms with van der Waals surface area (Å²) in [6.07, 6.45) is 0. The summed E-state index contributed by atoms with van der Waals surface area (Å²) in [5.74, 6) is 1.96. The van der Waals surface area contributed by atoms with Crippen LogP contribution in [0.4, 0.5) is 34.4 Å². The molecule has 144 valence electrons. The van der Waals surface area contributed by atoms with E-state index in [1.807, 2.05) is 75.6 Å². The Morgan fingerprint density at radius 3 is 1.75 bits per heavy atom. The van der Waals surface area contributed by atoms with Gasteiger partial charge in [0.1, 0.15) is 17.5 Å². The third-order valence-corrected chi connectivity index (χ3v) is 3.97. The number of amides is 1. The summed E-state index contributed by atoms with van der Waals surface area (Å²) in [7, 11) is 4.02. The molecule has 0 saturated carbocycles. The maximum absolute atomic E-state index is 11.1. The van der Waals surface area contributed by atoms with Crippen LogP contribution in [0.1, 0.15) is 12.7 Å². The fraction of sp³-hybridized carbons (Fsp3) is 0.190. The lowest BCUT2D eigenvalue weighted by Gasteiger charge is -2.14. The van der Waals surface area contributed by atoms with E-state index in [1.165, 1.54) is 6.92 Å². The molecule has 0 aliphatic carbocycles. The number of aryl methyl sites for hydroxylation is 1. The molecule has 3 aromatic rings. The molecule has 3 N–H and O–H groups in total. The molecule has 3 rings (SSSR count). The van der Waals surface area contributed by atoms with E-state index in [2.05, 4.69) is 30.8 Å². The van der Waals surface area contributed by atoms with Crippen LogP contribution in [0.15, 0.2) is 54.6 Å². The fourth-order valence-electron chi connectivity index (χ4n) is 2.67. The smallest absolute Gasteiger partial charge is 0.221 e. The van der Waals surface area contributed by atoms with E-state index < -0.39 is 0 Å². The highest BCUT2D eigenvalue weighted by atomic mass is 16.1. The summed E-state index contributed by atoms with van der Waals surface area (Å²) in [6.45, 7) is 3.34. The van der Waals surface area contributed by atoms with E-state index in [9.17, 15) is 4.79 Å². The van der Waals surface area contributed by atoms with Gasteiger partial charge in [-0.3, -0.25) is 4.79 Å². The van der Waals surface area contributed by atoms with Gasteiger partial charge >= 0.3 is 0 Å². The van der Waals surface area contributed by atoms with Crippen LogP contribution in [0.25, 0.3) is 0 Å². The Morgan fingerprint density at radius 2 is 1.29 bits per heavy atom. The average molecular weight is 376 g/mol. The molecule has 2 aromatic carbocycles. The Balaban J connectivity index is 1.73. The number of carbonyl (C=O) groups excluding carboxylic acids is 1. The topological polar surface area (TPSA) is 82.2 Å². The number of nitrogens with one attached hydrogen (secondary N) is 3. The molecule has 0 aliphatic heterocycles. The second-order valence-electron chi connectivity index (χ2n) is 6.64. The predicted octanol–water partition coefficient (Wildman–Crippen LogP) is 4.30. The monoisotopic (exact) mass is 376 g/mol. The number of nitrogens with zero attached hydrogens (tertiary/aromatic N) is 3. The minimum atomic E-state index is -0.0959. The van der Waals surface area contributed by atoms with E-state index in [0.29, 0.717) is 17.5 Å². The first kappa shape index (κ1) is 19.2. The number of carbonyl (C=O) groups is 1. The Morgan fingerprint density at radius 1 is 0.821 bits per heavy atom. The van der Waals surface area contributed by atoms with Crippen LogP contribution in [0.2, 0.25) is 0 Å². The molecular formula is C21H24N6O. The number of anilines is 6. The van der Waals surface area contributed by atoms with Crippen LogP contribution in [0.5, 0.6) is 0 Å².